The van der Waals surface area contributed by atoms with Crippen molar-refractivity contribution in [2.24, 2.45) is 0 Å². The van der Waals surface area contributed by atoms with Gasteiger partial charge in [0.1, 0.15) is 0 Å². The zero-order chi connectivity index (χ0) is 13.7. The lowest BCUT2D eigenvalue weighted by atomic mass is 10.1. The zero-order valence-corrected chi connectivity index (χ0v) is 11.3. The van der Waals surface area contributed by atoms with Gasteiger partial charge in [-0.15, -0.1) is 0 Å². The van der Waals surface area contributed by atoms with Crippen LogP contribution in [0.15, 0.2) is 30.3 Å². The first kappa shape index (κ1) is 13.7. The number of ketones is 1. The smallest absolute Gasteiger partial charge is 0.237 e. The van der Waals surface area contributed by atoms with Gasteiger partial charge in [-0.1, -0.05) is 30.3 Å². The zero-order valence-electron chi connectivity index (χ0n) is 11.3. The van der Waals surface area contributed by atoms with E-state index in [0.717, 1.165) is 25.1 Å². The topological polar surface area (TPSA) is 49.4 Å². The number of carbonyl (C=O) groups is 2. The van der Waals surface area contributed by atoms with E-state index in [4.69, 9.17) is 0 Å². The van der Waals surface area contributed by atoms with Crippen molar-refractivity contribution in [3.8, 4) is 0 Å². The van der Waals surface area contributed by atoms with Crippen LogP contribution in [0.25, 0.3) is 0 Å². The first-order valence-electron chi connectivity index (χ1n) is 6.78. The van der Waals surface area contributed by atoms with Crippen LogP contribution < -0.4 is 5.32 Å². The molecule has 1 fully saturated rings. The minimum atomic E-state index is -0.0828. The maximum Gasteiger partial charge on any atom is 0.237 e. The summed E-state index contributed by atoms with van der Waals surface area (Å²) in [5, 5.41) is 2.84. The SMILES string of the molecule is CC1C(=O)NCCN1CCCC(=O)c1ccccc1. The van der Waals surface area contributed by atoms with Crippen LogP contribution in [-0.2, 0) is 4.79 Å². The van der Waals surface area contributed by atoms with E-state index >= 15 is 0 Å². The Morgan fingerprint density at radius 3 is 2.84 bits per heavy atom. The second-order valence-corrected chi connectivity index (χ2v) is 4.90. The van der Waals surface area contributed by atoms with Crippen molar-refractivity contribution in [3.63, 3.8) is 0 Å². The number of hydrogen-bond acceptors (Lipinski definition) is 3. The van der Waals surface area contributed by atoms with Crippen molar-refractivity contribution >= 4 is 11.7 Å². The number of nitrogens with zero attached hydrogens (tertiary/aromatic N) is 1. The Labute approximate surface area is 113 Å². The lowest BCUT2D eigenvalue weighted by molar-refractivity contribution is -0.128. The van der Waals surface area contributed by atoms with Crippen LogP contribution in [0.5, 0.6) is 0 Å². The molecule has 1 aliphatic heterocycles. The standard InChI is InChI=1S/C15H20N2O2/c1-12-15(19)16-9-11-17(12)10-5-8-14(18)13-6-3-2-4-7-13/h2-4,6-7,12H,5,8-11H2,1H3,(H,16,19). The quantitative estimate of drug-likeness (QED) is 0.816. The second-order valence-electron chi connectivity index (χ2n) is 4.90. The summed E-state index contributed by atoms with van der Waals surface area (Å²) in [6.45, 7) is 4.28. The van der Waals surface area contributed by atoms with E-state index in [2.05, 4.69) is 10.2 Å². The maximum absolute atomic E-state index is 11.9. The molecule has 1 heterocycles. The molecule has 1 aromatic rings. The Morgan fingerprint density at radius 2 is 2.11 bits per heavy atom. The van der Waals surface area contributed by atoms with Crippen LogP contribution in [0.2, 0.25) is 0 Å². The number of piperazine rings is 1. The van der Waals surface area contributed by atoms with Crippen LogP contribution in [0.4, 0.5) is 0 Å². The Kier molecular flexibility index (Phi) is 4.68. The third kappa shape index (κ3) is 3.64. The highest BCUT2D eigenvalue weighted by Crippen LogP contribution is 2.09. The Balaban J connectivity index is 1.77. The highest BCUT2D eigenvalue weighted by molar-refractivity contribution is 5.95. The van der Waals surface area contributed by atoms with Crippen LogP contribution in [-0.4, -0.2) is 42.3 Å². The van der Waals surface area contributed by atoms with Crippen LogP contribution in [0.3, 0.4) is 0 Å². The molecule has 1 aliphatic rings. The molecular weight excluding hydrogens is 240 g/mol. The molecule has 1 N–H and O–H groups in total. The molecule has 19 heavy (non-hydrogen) atoms. The average Bonchev–Trinajstić information content (AvgIpc) is 2.44. The normalized spacial score (nSPS) is 20.1. The number of Topliss-reactive ketones (excluding diaryl/α,β-unsaturated/α-hetero) is 1. The van der Waals surface area contributed by atoms with Gasteiger partial charge in [-0.2, -0.15) is 0 Å². The van der Waals surface area contributed by atoms with E-state index in [1.807, 2.05) is 37.3 Å². The van der Waals surface area contributed by atoms with E-state index in [9.17, 15) is 9.59 Å². The van der Waals surface area contributed by atoms with E-state index in [1.54, 1.807) is 0 Å². The van der Waals surface area contributed by atoms with Crippen molar-refractivity contribution in [2.45, 2.75) is 25.8 Å². The first-order chi connectivity index (χ1) is 9.18. The van der Waals surface area contributed by atoms with Crippen LogP contribution in [0, 0.1) is 0 Å². The number of benzene rings is 1. The van der Waals surface area contributed by atoms with E-state index in [-0.39, 0.29) is 17.7 Å². The monoisotopic (exact) mass is 260 g/mol. The fourth-order valence-electron chi connectivity index (χ4n) is 2.35. The van der Waals surface area contributed by atoms with Crippen molar-refractivity contribution < 1.29 is 9.59 Å². The van der Waals surface area contributed by atoms with Gasteiger partial charge in [0.25, 0.3) is 0 Å². The Hall–Kier alpha value is -1.68. The van der Waals surface area contributed by atoms with Crippen molar-refractivity contribution in [1.82, 2.24) is 10.2 Å². The largest absolute Gasteiger partial charge is 0.353 e. The van der Waals surface area contributed by atoms with Crippen molar-refractivity contribution in [1.29, 1.82) is 0 Å². The number of amides is 1. The van der Waals surface area contributed by atoms with Gasteiger partial charge in [-0.3, -0.25) is 14.5 Å². The van der Waals surface area contributed by atoms with Crippen LogP contribution in [0.1, 0.15) is 30.1 Å². The van der Waals surface area contributed by atoms with Crippen molar-refractivity contribution in [2.75, 3.05) is 19.6 Å². The van der Waals surface area contributed by atoms with Gasteiger partial charge in [-0.25, -0.2) is 0 Å². The third-order valence-electron chi connectivity index (χ3n) is 3.57. The molecule has 1 unspecified atom stereocenters. The summed E-state index contributed by atoms with van der Waals surface area (Å²) in [6.07, 6.45) is 1.33. The summed E-state index contributed by atoms with van der Waals surface area (Å²) < 4.78 is 0. The molecule has 2 rings (SSSR count). The molecule has 0 saturated carbocycles. The summed E-state index contributed by atoms with van der Waals surface area (Å²) in [5.74, 6) is 0.260. The molecule has 0 aliphatic carbocycles. The molecule has 0 radical (unpaired) electrons. The molecule has 1 aromatic carbocycles. The summed E-state index contributed by atoms with van der Waals surface area (Å²) in [4.78, 5) is 25.6. The second kappa shape index (κ2) is 6.48. The van der Waals surface area contributed by atoms with Gasteiger partial charge < -0.3 is 5.32 Å². The molecule has 0 spiro atoms. The summed E-state index contributed by atoms with van der Waals surface area (Å²) >= 11 is 0. The van der Waals surface area contributed by atoms with Crippen LogP contribution >= 0.6 is 0 Å². The minimum Gasteiger partial charge on any atom is -0.353 e. The van der Waals surface area contributed by atoms with E-state index in [1.165, 1.54) is 0 Å². The number of carbonyl (C=O) groups excluding carboxylic acids is 2. The van der Waals surface area contributed by atoms with Gasteiger partial charge in [-0.05, 0) is 19.9 Å². The predicted molar refractivity (Wildman–Crippen MR) is 74.1 cm³/mol. The third-order valence-corrected chi connectivity index (χ3v) is 3.57. The molecule has 0 bridgehead atoms. The van der Waals surface area contributed by atoms with E-state index in [0.29, 0.717) is 13.0 Å². The fraction of sp³-hybridized carbons (Fsp3) is 0.467. The number of nitrogens with one attached hydrogen (secondary N) is 1. The van der Waals surface area contributed by atoms with Gasteiger partial charge in [0.15, 0.2) is 5.78 Å². The molecule has 1 amide bonds. The van der Waals surface area contributed by atoms with Gasteiger partial charge in [0.05, 0.1) is 6.04 Å². The van der Waals surface area contributed by atoms with Gasteiger partial charge in [0.2, 0.25) is 5.91 Å². The van der Waals surface area contributed by atoms with Gasteiger partial charge >= 0.3 is 0 Å². The summed E-state index contributed by atoms with van der Waals surface area (Å²) in [7, 11) is 0. The number of hydrogen-bond donors (Lipinski definition) is 1. The molecule has 102 valence electrons. The lowest BCUT2D eigenvalue weighted by Gasteiger charge is -2.32. The molecule has 4 heteroatoms. The highest BCUT2D eigenvalue weighted by Gasteiger charge is 2.24. The average molecular weight is 260 g/mol. The first-order valence-corrected chi connectivity index (χ1v) is 6.78. The van der Waals surface area contributed by atoms with Gasteiger partial charge in [0, 0.05) is 25.1 Å². The summed E-state index contributed by atoms with van der Waals surface area (Å²) in [5.41, 5.74) is 0.770. The molecule has 0 aromatic heterocycles. The van der Waals surface area contributed by atoms with Crippen molar-refractivity contribution in [3.05, 3.63) is 35.9 Å². The van der Waals surface area contributed by atoms with E-state index < -0.39 is 0 Å². The maximum atomic E-state index is 11.9. The molecule has 1 atom stereocenters. The Bertz CT molecular complexity index is 445. The molecular formula is C15H20N2O2. The highest BCUT2D eigenvalue weighted by atomic mass is 16.2. The molecule has 4 nitrogen and oxygen atoms in total. The molecule has 1 saturated heterocycles. The Morgan fingerprint density at radius 1 is 1.37 bits per heavy atom. The lowest BCUT2D eigenvalue weighted by Crippen LogP contribution is -2.53. The predicted octanol–water partition coefficient (Wildman–Crippen LogP) is 1.47. The number of rotatable bonds is 5. The minimum absolute atomic E-state index is 0.0828. The fourth-order valence-corrected chi connectivity index (χ4v) is 2.35. The summed E-state index contributed by atoms with van der Waals surface area (Å²) in [6, 6.07) is 9.28.